The summed E-state index contributed by atoms with van der Waals surface area (Å²) < 4.78 is 34.5. The van der Waals surface area contributed by atoms with Gasteiger partial charge in [-0.25, -0.2) is 13.2 Å². The fourth-order valence-electron chi connectivity index (χ4n) is 3.49. The number of carbonyl (C=O) groups is 2. The zero-order chi connectivity index (χ0) is 20.5. The van der Waals surface area contributed by atoms with E-state index in [4.69, 9.17) is 9.15 Å². The molecule has 1 fully saturated rings. The molecule has 2 heterocycles. The number of esters is 1. The number of carbonyl (C=O) groups excluding carboxylic acids is 2. The van der Waals surface area contributed by atoms with Crippen LogP contribution in [-0.2, 0) is 19.4 Å². The van der Waals surface area contributed by atoms with Crippen molar-refractivity contribution in [3.63, 3.8) is 0 Å². The first-order valence-corrected chi connectivity index (χ1v) is 10.8. The number of hydrogen-bond donors (Lipinski definition) is 0. The first-order valence-electron chi connectivity index (χ1n) is 9.01. The number of anilines is 1. The average Bonchev–Trinajstić information content (AvgIpc) is 3.12. The van der Waals surface area contributed by atoms with E-state index in [1.54, 1.807) is 45.0 Å². The molecule has 1 saturated heterocycles. The minimum absolute atomic E-state index is 0.0424. The molecule has 0 bridgehead atoms. The molecule has 1 aliphatic heterocycles. The highest BCUT2D eigenvalue weighted by Crippen LogP contribution is 2.25. The number of para-hydroxylation sites is 1. The van der Waals surface area contributed by atoms with Gasteiger partial charge in [0.05, 0.1) is 17.5 Å². The SMILES string of the molecule is Cc1oc(C)c(C(=O)OCC(=O)N(c2ccccc2)[C@H]2CCS(=O)(=O)C2)c1C. The highest BCUT2D eigenvalue weighted by molar-refractivity contribution is 7.91. The highest BCUT2D eigenvalue weighted by atomic mass is 32.2. The van der Waals surface area contributed by atoms with Crippen molar-refractivity contribution in [2.24, 2.45) is 0 Å². The third-order valence-corrected chi connectivity index (χ3v) is 6.72. The Morgan fingerprint density at radius 1 is 1.14 bits per heavy atom. The van der Waals surface area contributed by atoms with Gasteiger partial charge in [-0.1, -0.05) is 18.2 Å². The van der Waals surface area contributed by atoms with Gasteiger partial charge in [-0.05, 0) is 39.3 Å². The van der Waals surface area contributed by atoms with Gasteiger partial charge in [-0.2, -0.15) is 0 Å². The molecular weight excluding hydrogens is 382 g/mol. The van der Waals surface area contributed by atoms with E-state index in [9.17, 15) is 18.0 Å². The number of ether oxygens (including phenoxy) is 1. The van der Waals surface area contributed by atoms with Crippen molar-refractivity contribution in [2.45, 2.75) is 33.2 Å². The average molecular weight is 405 g/mol. The third-order valence-electron chi connectivity index (χ3n) is 4.97. The van der Waals surface area contributed by atoms with Gasteiger partial charge in [-0.15, -0.1) is 0 Å². The fraction of sp³-hybridized carbons (Fsp3) is 0.400. The van der Waals surface area contributed by atoms with E-state index in [-0.39, 0.29) is 11.5 Å². The van der Waals surface area contributed by atoms with Gasteiger partial charge in [0.1, 0.15) is 17.1 Å². The third kappa shape index (κ3) is 4.11. The quantitative estimate of drug-likeness (QED) is 0.710. The molecule has 1 atom stereocenters. The van der Waals surface area contributed by atoms with E-state index in [0.717, 1.165) is 0 Å². The Morgan fingerprint density at radius 3 is 2.36 bits per heavy atom. The van der Waals surface area contributed by atoms with Crippen LogP contribution in [0.25, 0.3) is 0 Å². The Bertz CT molecular complexity index is 993. The second-order valence-electron chi connectivity index (χ2n) is 6.95. The molecule has 1 aromatic carbocycles. The number of amides is 1. The van der Waals surface area contributed by atoms with Crippen molar-refractivity contribution in [1.82, 2.24) is 0 Å². The van der Waals surface area contributed by atoms with Gasteiger partial charge in [0.15, 0.2) is 16.4 Å². The van der Waals surface area contributed by atoms with Crippen molar-refractivity contribution in [1.29, 1.82) is 0 Å². The van der Waals surface area contributed by atoms with Gasteiger partial charge in [0.25, 0.3) is 5.91 Å². The van der Waals surface area contributed by atoms with Crippen LogP contribution in [0.2, 0.25) is 0 Å². The molecule has 0 saturated carbocycles. The van der Waals surface area contributed by atoms with E-state index in [1.165, 1.54) is 4.90 Å². The maximum Gasteiger partial charge on any atom is 0.342 e. The van der Waals surface area contributed by atoms with Crippen molar-refractivity contribution in [2.75, 3.05) is 23.0 Å². The van der Waals surface area contributed by atoms with E-state index < -0.39 is 34.4 Å². The van der Waals surface area contributed by atoms with Crippen molar-refractivity contribution < 1.29 is 27.2 Å². The summed E-state index contributed by atoms with van der Waals surface area (Å²) in [4.78, 5) is 26.8. The van der Waals surface area contributed by atoms with E-state index in [1.807, 2.05) is 6.07 Å². The number of rotatable bonds is 5. The minimum Gasteiger partial charge on any atom is -0.465 e. The molecule has 0 spiro atoms. The monoisotopic (exact) mass is 405 g/mol. The van der Waals surface area contributed by atoms with Gasteiger partial charge in [0.2, 0.25) is 0 Å². The second kappa shape index (κ2) is 7.79. The lowest BCUT2D eigenvalue weighted by atomic mass is 10.1. The predicted molar refractivity (Wildman–Crippen MR) is 104 cm³/mol. The maximum absolute atomic E-state index is 12.9. The normalized spacial score (nSPS) is 18.0. The Kier molecular flexibility index (Phi) is 5.60. The molecule has 7 nitrogen and oxygen atoms in total. The van der Waals surface area contributed by atoms with Crippen LogP contribution in [0, 0.1) is 20.8 Å². The number of nitrogens with zero attached hydrogens (tertiary/aromatic N) is 1. The Balaban J connectivity index is 1.77. The largest absolute Gasteiger partial charge is 0.465 e. The van der Waals surface area contributed by atoms with E-state index >= 15 is 0 Å². The number of sulfone groups is 1. The first-order chi connectivity index (χ1) is 13.2. The van der Waals surface area contributed by atoms with Crippen LogP contribution in [0.3, 0.4) is 0 Å². The van der Waals surface area contributed by atoms with Crippen LogP contribution in [0.15, 0.2) is 34.7 Å². The Morgan fingerprint density at radius 2 is 1.82 bits per heavy atom. The molecule has 1 aliphatic rings. The fourth-order valence-corrected chi connectivity index (χ4v) is 5.19. The van der Waals surface area contributed by atoms with E-state index in [0.29, 0.717) is 34.8 Å². The van der Waals surface area contributed by atoms with Crippen LogP contribution in [0.5, 0.6) is 0 Å². The summed E-state index contributed by atoms with van der Waals surface area (Å²) in [7, 11) is -3.18. The molecule has 0 N–H and O–H groups in total. The minimum atomic E-state index is -3.18. The van der Waals surface area contributed by atoms with E-state index in [2.05, 4.69) is 0 Å². The molecule has 0 unspecified atom stereocenters. The van der Waals surface area contributed by atoms with Crippen LogP contribution in [-0.4, -0.2) is 44.4 Å². The molecule has 3 rings (SSSR count). The van der Waals surface area contributed by atoms with Crippen LogP contribution < -0.4 is 4.90 Å². The summed E-state index contributed by atoms with van der Waals surface area (Å²) >= 11 is 0. The Labute approximate surface area is 164 Å². The lowest BCUT2D eigenvalue weighted by Crippen LogP contribution is -2.43. The molecule has 8 heteroatoms. The number of aryl methyl sites for hydroxylation is 2. The van der Waals surface area contributed by atoms with Crippen LogP contribution in [0.4, 0.5) is 5.69 Å². The maximum atomic E-state index is 12.9. The summed E-state index contributed by atoms with van der Waals surface area (Å²) in [5.74, 6) is -0.0851. The van der Waals surface area contributed by atoms with Gasteiger partial charge in [-0.3, -0.25) is 4.79 Å². The topological polar surface area (TPSA) is 93.9 Å². The van der Waals surface area contributed by atoms with Gasteiger partial charge in [0, 0.05) is 11.3 Å². The lowest BCUT2D eigenvalue weighted by molar-refractivity contribution is -0.122. The number of hydrogen-bond acceptors (Lipinski definition) is 6. The second-order valence-corrected chi connectivity index (χ2v) is 9.18. The number of furan rings is 1. The first kappa shape index (κ1) is 20.1. The van der Waals surface area contributed by atoms with Gasteiger partial charge >= 0.3 is 5.97 Å². The van der Waals surface area contributed by atoms with Crippen LogP contribution in [0.1, 0.15) is 33.9 Å². The number of benzene rings is 1. The van der Waals surface area contributed by atoms with Crippen molar-refractivity contribution in [3.8, 4) is 0 Å². The molecule has 28 heavy (non-hydrogen) atoms. The molecule has 0 aliphatic carbocycles. The lowest BCUT2D eigenvalue weighted by Gasteiger charge is -2.28. The summed E-state index contributed by atoms with van der Waals surface area (Å²) in [6.07, 6.45) is 0.357. The molecular formula is C20H23NO6S. The van der Waals surface area contributed by atoms with Crippen LogP contribution >= 0.6 is 0 Å². The molecule has 1 amide bonds. The summed E-state index contributed by atoms with van der Waals surface area (Å²) in [6, 6.07) is 8.34. The zero-order valence-electron chi connectivity index (χ0n) is 16.1. The zero-order valence-corrected chi connectivity index (χ0v) is 16.9. The molecule has 1 aromatic heterocycles. The Hall–Kier alpha value is -2.61. The van der Waals surface area contributed by atoms with Gasteiger partial charge < -0.3 is 14.1 Å². The predicted octanol–water partition coefficient (Wildman–Crippen LogP) is 2.58. The van der Waals surface area contributed by atoms with Crippen molar-refractivity contribution in [3.05, 3.63) is 53.0 Å². The molecule has 0 radical (unpaired) electrons. The summed E-state index contributed by atoms with van der Waals surface area (Å²) in [5, 5.41) is 0. The molecule has 2 aromatic rings. The highest BCUT2D eigenvalue weighted by Gasteiger charge is 2.36. The summed E-state index contributed by atoms with van der Waals surface area (Å²) in [5.41, 5.74) is 1.58. The smallest absolute Gasteiger partial charge is 0.342 e. The van der Waals surface area contributed by atoms with Crippen molar-refractivity contribution >= 4 is 27.4 Å². The summed E-state index contributed by atoms with van der Waals surface area (Å²) in [6.45, 7) is 4.69. The molecule has 150 valence electrons. The standard InChI is InChI=1S/C20H23NO6S/c1-13-14(2)27-15(3)19(13)20(23)26-11-18(22)21(16-7-5-4-6-8-16)17-9-10-28(24,25)12-17/h4-8,17H,9-12H2,1-3H3/t17-/m0/s1.